The van der Waals surface area contributed by atoms with Gasteiger partial charge < -0.3 is 45.3 Å². The van der Waals surface area contributed by atoms with Gasteiger partial charge in [-0.1, -0.05) is 33.7 Å². The lowest BCUT2D eigenvalue weighted by atomic mass is 9.81. The molecule has 6 rings (SSSR count). The van der Waals surface area contributed by atoms with Crippen molar-refractivity contribution >= 4 is 33.5 Å². The van der Waals surface area contributed by atoms with Crippen molar-refractivity contribution in [1.82, 2.24) is 10.3 Å². The number of aromatic nitrogens is 1. The van der Waals surface area contributed by atoms with Gasteiger partial charge in [-0.15, -0.1) is 0 Å². The van der Waals surface area contributed by atoms with E-state index in [4.69, 9.17) is 24.7 Å². The Kier molecular flexibility index (Phi) is 12.5. The number of carbonyl (C=O) groups excluding carboxylic acids is 1. The summed E-state index contributed by atoms with van der Waals surface area (Å²) in [5, 5.41) is 35.8. The normalized spacial score (nSPS) is 26.8. The molecule has 4 bridgehead atoms. The van der Waals surface area contributed by atoms with Crippen LogP contribution >= 0.6 is 21.6 Å². The molecule has 2 aliphatic heterocycles. The number of carbonyl (C=O) groups is 1. The fraction of sp³-hybridized carbons (Fsp3) is 0.500. The van der Waals surface area contributed by atoms with E-state index in [0.29, 0.717) is 43.0 Å². The third-order valence-electron chi connectivity index (χ3n) is 9.94. The van der Waals surface area contributed by atoms with Gasteiger partial charge in [-0.25, -0.2) is 0 Å². The molecule has 0 radical (unpaired) electrons. The van der Waals surface area contributed by atoms with Gasteiger partial charge in [-0.05, 0) is 78.6 Å². The monoisotopic (exact) mass is 752 g/mol. The molecule has 52 heavy (non-hydrogen) atoms. The number of nitrogens with zero attached hydrogens (tertiary/aromatic N) is 2. The summed E-state index contributed by atoms with van der Waals surface area (Å²) in [6.07, 6.45) is 7.53. The Balaban J connectivity index is 1.26. The summed E-state index contributed by atoms with van der Waals surface area (Å²) < 4.78 is 25.1. The number of nitrogens with two attached hydrogens (primary N) is 1. The predicted octanol–water partition coefficient (Wildman–Crippen LogP) is 5.82. The number of esters is 1. The van der Waals surface area contributed by atoms with Crippen LogP contribution in [0.25, 0.3) is 0 Å². The molecule has 1 saturated heterocycles. The third kappa shape index (κ3) is 9.69. The van der Waals surface area contributed by atoms with E-state index in [-0.39, 0.29) is 59.2 Å². The number of aromatic hydroxyl groups is 3. The Bertz CT molecular complexity index is 1720. The number of rotatable bonds is 8. The van der Waals surface area contributed by atoms with E-state index >= 15 is 0 Å². The molecule has 6 N–H and O–H groups in total. The number of nitrogens with one attached hydrogen (secondary N) is 1. The van der Waals surface area contributed by atoms with Crippen molar-refractivity contribution in [1.29, 1.82) is 0 Å². The molecule has 0 spiro atoms. The van der Waals surface area contributed by atoms with E-state index in [1.54, 1.807) is 53.2 Å². The second-order valence-electron chi connectivity index (χ2n) is 13.9. The standard InChI is InChI=1S/C38H48N4O8S2/c1-23(43)48-29-17-32(26-15-31(45)36(46)35(16-26)47-12-9-24-5-4-11-41-20-24)50-33(18-29)27-13-25-7-8-30(44)34(14-25)49-28-6-3-10-38(19-28,22-52-51-21-27)42-37(39)40-2/h4-5,7-8,11,14-16,20,27-29,32-33,44-46H,3,6,9-10,12-13,17-19,21-22H2,1-2H3,(H3,39,40,42)/t27-,28-,29-,32+,33-,38-/m1/s1. The number of aliphatic imine (C=N–C) groups is 1. The van der Waals surface area contributed by atoms with Crippen LogP contribution in [0.5, 0.6) is 28.7 Å². The van der Waals surface area contributed by atoms with Gasteiger partial charge in [0.15, 0.2) is 29.0 Å². The average Bonchev–Trinajstić information content (AvgIpc) is 3.13. The minimum atomic E-state index is -0.556. The van der Waals surface area contributed by atoms with Crippen molar-refractivity contribution < 1.29 is 39.1 Å². The van der Waals surface area contributed by atoms with Crippen LogP contribution in [0.3, 0.4) is 0 Å². The van der Waals surface area contributed by atoms with Gasteiger partial charge in [0.1, 0.15) is 12.2 Å². The van der Waals surface area contributed by atoms with Crippen LogP contribution in [0.2, 0.25) is 0 Å². The Labute approximate surface area is 312 Å². The van der Waals surface area contributed by atoms with Gasteiger partial charge in [0.05, 0.1) is 24.4 Å². The predicted molar refractivity (Wildman–Crippen MR) is 202 cm³/mol. The summed E-state index contributed by atoms with van der Waals surface area (Å²) in [5.41, 5.74) is 8.46. The molecule has 1 aromatic heterocycles. The molecule has 3 aromatic rings. The first-order valence-corrected chi connectivity index (χ1v) is 20.2. The van der Waals surface area contributed by atoms with Crippen molar-refractivity contribution in [2.75, 3.05) is 25.2 Å². The molecule has 1 saturated carbocycles. The molecule has 3 aliphatic rings. The number of fused-ring (bicyclic) bond motifs is 4. The Morgan fingerprint density at radius 1 is 1.15 bits per heavy atom. The lowest BCUT2D eigenvalue weighted by Crippen LogP contribution is -2.57. The van der Waals surface area contributed by atoms with Crippen molar-refractivity contribution in [3.8, 4) is 28.7 Å². The van der Waals surface area contributed by atoms with Gasteiger partial charge in [0, 0.05) is 63.6 Å². The second kappa shape index (κ2) is 17.2. The summed E-state index contributed by atoms with van der Waals surface area (Å²) in [7, 11) is 5.21. The Hall–Kier alpha value is -4.01. The number of phenols is 3. The molecule has 280 valence electrons. The molecular formula is C38H48N4O8S2. The molecule has 2 aromatic carbocycles. The molecule has 1 aliphatic carbocycles. The molecule has 2 fully saturated rings. The lowest BCUT2D eigenvalue weighted by Gasteiger charge is -2.41. The second-order valence-corrected chi connectivity index (χ2v) is 16.4. The van der Waals surface area contributed by atoms with Crippen molar-refractivity contribution in [2.45, 2.75) is 88.2 Å². The highest BCUT2D eigenvalue weighted by Gasteiger charge is 2.40. The largest absolute Gasteiger partial charge is 0.504 e. The third-order valence-corrected chi connectivity index (χ3v) is 12.6. The topological polar surface area (TPSA) is 178 Å². The van der Waals surface area contributed by atoms with Crippen LogP contribution in [0.15, 0.2) is 59.9 Å². The minimum Gasteiger partial charge on any atom is -0.504 e. The first-order valence-electron chi connectivity index (χ1n) is 17.7. The minimum absolute atomic E-state index is 0.0250. The average molecular weight is 753 g/mol. The number of hydrogen-bond acceptors (Lipinski definition) is 12. The zero-order valence-corrected chi connectivity index (χ0v) is 31.2. The highest BCUT2D eigenvalue weighted by molar-refractivity contribution is 8.76. The first kappa shape index (κ1) is 37.7. The van der Waals surface area contributed by atoms with Crippen LogP contribution in [0, 0.1) is 5.92 Å². The quantitative estimate of drug-likeness (QED) is 0.0612. The number of phenolic OH excluding ortho intramolecular Hbond substituents is 3. The van der Waals surface area contributed by atoms with Crippen LogP contribution in [-0.4, -0.2) is 81.2 Å². The van der Waals surface area contributed by atoms with Crippen molar-refractivity contribution in [3.05, 3.63) is 71.5 Å². The smallest absolute Gasteiger partial charge is 0.302 e. The fourth-order valence-electron chi connectivity index (χ4n) is 7.37. The van der Waals surface area contributed by atoms with Crippen LogP contribution < -0.4 is 20.5 Å². The van der Waals surface area contributed by atoms with Crippen molar-refractivity contribution in [3.63, 3.8) is 0 Å². The number of hydrogen-bond donors (Lipinski definition) is 5. The molecule has 0 amide bonds. The number of pyridine rings is 1. The summed E-state index contributed by atoms with van der Waals surface area (Å²) in [6, 6.07) is 12.5. The molecule has 6 atom stereocenters. The van der Waals surface area contributed by atoms with Crippen molar-refractivity contribution in [2.24, 2.45) is 16.6 Å². The maximum Gasteiger partial charge on any atom is 0.302 e. The van der Waals surface area contributed by atoms with E-state index in [9.17, 15) is 20.1 Å². The molecule has 14 heteroatoms. The molecule has 3 heterocycles. The number of ether oxygens (including phenoxy) is 4. The number of benzene rings is 2. The van der Waals surface area contributed by atoms with Gasteiger partial charge in [-0.2, -0.15) is 0 Å². The Morgan fingerprint density at radius 3 is 2.81 bits per heavy atom. The van der Waals surface area contributed by atoms with Gasteiger partial charge in [0.25, 0.3) is 0 Å². The van der Waals surface area contributed by atoms with E-state index in [2.05, 4.69) is 15.3 Å². The fourth-order valence-corrected chi connectivity index (χ4v) is 10.4. The molecular weight excluding hydrogens is 705 g/mol. The van der Waals surface area contributed by atoms with Gasteiger partial charge >= 0.3 is 5.97 Å². The summed E-state index contributed by atoms with van der Waals surface area (Å²) in [4.78, 5) is 20.6. The van der Waals surface area contributed by atoms with Crippen LogP contribution in [0.4, 0.5) is 0 Å². The lowest BCUT2D eigenvalue weighted by molar-refractivity contribution is -0.163. The number of guanidine groups is 1. The van der Waals surface area contributed by atoms with E-state index in [1.165, 1.54) is 13.0 Å². The molecule has 0 unspecified atom stereocenters. The first-order chi connectivity index (χ1) is 25.1. The zero-order chi connectivity index (χ0) is 36.7. The Morgan fingerprint density at radius 2 is 2.02 bits per heavy atom. The maximum atomic E-state index is 12.3. The molecule has 12 nitrogen and oxygen atoms in total. The highest BCUT2D eigenvalue weighted by atomic mass is 33.1. The zero-order valence-electron chi connectivity index (χ0n) is 29.5. The van der Waals surface area contributed by atoms with Crippen LogP contribution in [-0.2, 0) is 27.1 Å². The maximum absolute atomic E-state index is 12.3. The van der Waals surface area contributed by atoms with E-state index in [0.717, 1.165) is 48.3 Å². The summed E-state index contributed by atoms with van der Waals surface area (Å²) >= 11 is 0. The van der Waals surface area contributed by atoms with Crippen LogP contribution in [0.1, 0.15) is 68.2 Å². The van der Waals surface area contributed by atoms with E-state index < -0.39 is 12.2 Å². The summed E-state index contributed by atoms with van der Waals surface area (Å²) in [6.45, 7) is 1.66. The summed E-state index contributed by atoms with van der Waals surface area (Å²) in [5.74, 6) is 1.49. The highest BCUT2D eigenvalue weighted by Crippen LogP contribution is 2.45. The SMILES string of the molecule is CN=C(N)N[C@]12CCC[C@H](C1)Oc1cc(ccc1O)C[C@@H]([C@H]1C[C@H](OC(C)=O)C[C@@H](c3cc(O)c(O)c(OCCc4cccnc4)c3)O1)CSSC2. The van der Waals surface area contributed by atoms with E-state index in [1.807, 2.05) is 24.3 Å². The van der Waals surface area contributed by atoms with Gasteiger partial charge in [-0.3, -0.25) is 14.8 Å². The van der Waals surface area contributed by atoms with Gasteiger partial charge in [0.2, 0.25) is 5.75 Å².